The van der Waals surface area contributed by atoms with Crippen LogP contribution in [-0.4, -0.2) is 35.5 Å². The lowest BCUT2D eigenvalue weighted by molar-refractivity contribution is -0.143. The minimum absolute atomic E-state index is 0.361. The van der Waals surface area contributed by atoms with Gasteiger partial charge in [-0.2, -0.15) is 0 Å². The quantitative estimate of drug-likeness (QED) is 0.752. The highest BCUT2D eigenvalue weighted by atomic mass is 32.2. The first kappa shape index (κ1) is 14.2. The minimum atomic E-state index is -0.896. The summed E-state index contributed by atoms with van der Waals surface area (Å²) in [6, 6.07) is 8.02. The maximum absolute atomic E-state index is 11.5. The summed E-state index contributed by atoms with van der Waals surface area (Å²) in [4.78, 5) is 12.4. The maximum Gasteiger partial charge on any atom is 0.324 e. The second-order valence-corrected chi connectivity index (χ2v) is 6.01. The van der Waals surface area contributed by atoms with Gasteiger partial charge in [-0.05, 0) is 31.9 Å². The number of methoxy groups -OCH3 is 1. The van der Waals surface area contributed by atoms with Crippen LogP contribution in [0.5, 0.6) is 5.75 Å². The van der Waals surface area contributed by atoms with E-state index in [1.165, 1.54) is 11.8 Å². The molecular weight excluding hydrogens is 262 g/mol. The molecular formula is C14H19NO3S. The largest absolute Gasteiger partial charge is 0.496 e. The average Bonchev–Trinajstić information content (AvgIpc) is 3.20. The van der Waals surface area contributed by atoms with Crippen molar-refractivity contribution in [3.63, 3.8) is 0 Å². The van der Waals surface area contributed by atoms with Crippen molar-refractivity contribution in [2.24, 2.45) is 0 Å². The van der Waals surface area contributed by atoms with E-state index >= 15 is 0 Å². The van der Waals surface area contributed by atoms with Crippen LogP contribution in [0.4, 0.5) is 0 Å². The lowest BCUT2D eigenvalue weighted by atomic mass is 10.1. The Balaban J connectivity index is 2.03. The van der Waals surface area contributed by atoms with Crippen molar-refractivity contribution in [2.45, 2.75) is 36.2 Å². The molecule has 1 aromatic carbocycles. The second-order valence-electron chi connectivity index (χ2n) is 5.00. The third kappa shape index (κ3) is 3.64. The molecule has 2 N–H and O–H groups in total. The molecule has 0 amide bonds. The molecule has 1 saturated carbocycles. The van der Waals surface area contributed by atoms with E-state index in [0.29, 0.717) is 11.8 Å². The Bertz CT molecular complexity index is 462. The third-order valence-corrected chi connectivity index (χ3v) is 4.53. The fourth-order valence-corrected chi connectivity index (χ4v) is 2.92. The number of hydrogen-bond donors (Lipinski definition) is 2. The number of rotatable bonds is 7. The summed E-state index contributed by atoms with van der Waals surface area (Å²) in [5.41, 5.74) is -0.896. The number of benzene rings is 1. The predicted molar refractivity (Wildman–Crippen MR) is 75.9 cm³/mol. The number of thioether (sulfide) groups is 1. The van der Waals surface area contributed by atoms with Gasteiger partial charge < -0.3 is 9.84 Å². The highest BCUT2D eigenvalue weighted by Gasteiger charge is 2.38. The molecule has 5 heteroatoms. The Morgan fingerprint density at radius 1 is 1.53 bits per heavy atom. The molecule has 0 heterocycles. The van der Waals surface area contributed by atoms with Gasteiger partial charge in [0, 0.05) is 16.7 Å². The molecule has 1 aliphatic carbocycles. The van der Waals surface area contributed by atoms with Crippen LogP contribution in [0, 0.1) is 0 Å². The molecule has 1 aromatic rings. The van der Waals surface area contributed by atoms with Gasteiger partial charge in [-0.3, -0.25) is 10.1 Å². The highest BCUT2D eigenvalue weighted by Crippen LogP contribution is 2.32. The molecule has 4 nitrogen and oxygen atoms in total. The van der Waals surface area contributed by atoms with E-state index in [4.69, 9.17) is 4.74 Å². The molecule has 1 unspecified atom stereocenters. The van der Waals surface area contributed by atoms with Gasteiger partial charge in [0.25, 0.3) is 0 Å². The number of hydrogen-bond acceptors (Lipinski definition) is 4. The Morgan fingerprint density at radius 3 is 2.79 bits per heavy atom. The summed E-state index contributed by atoms with van der Waals surface area (Å²) in [7, 11) is 1.62. The van der Waals surface area contributed by atoms with Crippen LogP contribution in [-0.2, 0) is 4.79 Å². The zero-order valence-electron chi connectivity index (χ0n) is 11.2. The number of carboxylic acid groups (broad SMARTS) is 1. The van der Waals surface area contributed by atoms with Crippen molar-refractivity contribution in [3.8, 4) is 5.75 Å². The molecule has 1 atom stereocenters. The van der Waals surface area contributed by atoms with Crippen LogP contribution >= 0.6 is 11.8 Å². The van der Waals surface area contributed by atoms with Crippen LogP contribution < -0.4 is 10.1 Å². The average molecular weight is 281 g/mol. The van der Waals surface area contributed by atoms with E-state index in [0.717, 1.165) is 23.5 Å². The monoisotopic (exact) mass is 281 g/mol. The highest BCUT2D eigenvalue weighted by molar-refractivity contribution is 7.99. The van der Waals surface area contributed by atoms with Gasteiger partial charge in [0.2, 0.25) is 0 Å². The predicted octanol–water partition coefficient (Wildman–Crippen LogP) is 2.38. The molecule has 2 rings (SSSR count). The van der Waals surface area contributed by atoms with E-state index in [2.05, 4.69) is 5.32 Å². The van der Waals surface area contributed by atoms with Gasteiger partial charge in [-0.1, -0.05) is 12.1 Å². The molecule has 19 heavy (non-hydrogen) atoms. The first-order valence-corrected chi connectivity index (χ1v) is 7.30. The number of nitrogens with one attached hydrogen (secondary N) is 1. The number of carbonyl (C=O) groups is 1. The summed E-state index contributed by atoms with van der Waals surface area (Å²) in [6.07, 6.45) is 2.14. The maximum atomic E-state index is 11.5. The summed E-state index contributed by atoms with van der Waals surface area (Å²) >= 11 is 1.51. The minimum Gasteiger partial charge on any atom is -0.496 e. The summed E-state index contributed by atoms with van der Waals surface area (Å²) in [5.74, 6) is 0.451. The van der Waals surface area contributed by atoms with Crippen molar-refractivity contribution in [2.75, 3.05) is 12.9 Å². The molecule has 1 aliphatic rings. The van der Waals surface area contributed by atoms with E-state index in [9.17, 15) is 9.90 Å². The molecule has 0 radical (unpaired) electrons. The molecule has 0 bridgehead atoms. The Labute approximate surface area is 117 Å². The normalized spacial score (nSPS) is 17.8. The van der Waals surface area contributed by atoms with Gasteiger partial charge in [0.15, 0.2) is 0 Å². The molecule has 0 saturated heterocycles. The van der Waals surface area contributed by atoms with Crippen molar-refractivity contribution >= 4 is 17.7 Å². The van der Waals surface area contributed by atoms with E-state index < -0.39 is 11.5 Å². The Kier molecular flexibility index (Phi) is 4.37. The number of carboxylic acids is 1. The van der Waals surface area contributed by atoms with E-state index in [1.807, 2.05) is 24.3 Å². The van der Waals surface area contributed by atoms with Crippen molar-refractivity contribution < 1.29 is 14.6 Å². The Hall–Kier alpha value is -1.20. The number of para-hydroxylation sites is 1. The molecule has 0 aromatic heterocycles. The zero-order chi connectivity index (χ0) is 13.9. The SMILES string of the molecule is COc1ccccc1SCC(C)(NC1CC1)C(=O)O. The van der Waals surface area contributed by atoms with Crippen LogP contribution in [0.2, 0.25) is 0 Å². The van der Waals surface area contributed by atoms with Gasteiger partial charge in [-0.25, -0.2) is 0 Å². The first-order chi connectivity index (χ1) is 9.05. The van der Waals surface area contributed by atoms with Crippen LogP contribution in [0.15, 0.2) is 29.2 Å². The van der Waals surface area contributed by atoms with Crippen molar-refractivity contribution in [1.29, 1.82) is 0 Å². The van der Waals surface area contributed by atoms with Crippen LogP contribution in [0.25, 0.3) is 0 Å². The standard InChI is InChI=1S/C14H19NO3S/c1-14(13(16)17,15-10-7-8-10)9-19-12-6-4-3-5-11(12)18-2/h3-6,10,15H,7-9H2,1-2H3,(H,16,17). The molecule has 0 spiro atoms. The fraction of sp³-hybridized carbons (Fsp3) is 0.500. The lowest BCUT2D eigenvalue weighted by Crippen LogP contribution is -2.52. The number of ether oxygens (including phenoxy) is 1. The van der Waals surface area contributed by atoms with Gasteiger partial charge in [0.05, 0.1) is 7.11 Å². The number of aliphatic carboxylic acids is 1. The summed E-state index contributed by atoms with van der Waals surface area (Å²) < 4.78 is 5.28. The topological polar surface area (TPSA) is 58.6 Å². The van der Waals surface area contributed by atoms with Gasteiger partial charge in [-0.15, -0.1) is 11.8 Å². The smallest absolute Gasteiger partial charge is 0.324 e. The lowest BCUT2D eigenvalue weighted by Gasteiger charge is -2.26. The second kappa shape index (κ2) is 5.84. The van der Waals surface area contributed by atoms with E-state index in [-0.39, 0.29) is 0 Å². The summed E-state index contributed by atoms with van der Waals surface area (Å²) in [5, 5.41) is 12.6. The van der Waals surface area contributed by atoms with Gasteiger partial charge in [0.1, 0.15) is 11.3 Å². The van der Waals surface area contributed by atoms with Crippen molar-refractivity contribution in [1.82, 2.24) is 5.32 Å². The van der Waals surface area contributed by atoms with Crippen LogP contribution in [0.1, 0.15) is 19.8 Å². The third-order valence-electron chi connectivity index (χ3n) is 3.16. The van der Waals surface area contributed by atoms with Crippen LogP contribution in [0.3, 0.4) is 0 Å². The first-order valence-electron chi connectivity index (χ1n) is 6.32. The van der Waals surface area contributed by atoms with Gasteiger partial charge >= 0.3 is 5.97 Å². The molecule has 104 valence electrons. The molecule has 0 aliphatic heterocycles. The Morgan fingerprint density at radius 2 is 2.21 bits per heavy atom. The van der Waals surface area contributed by atoms with Crippen molar-refractivity contribution in [3.05, 3.63) is 24.3 Å². The fourth-order valence-electron chi connectivity index (χ4n) is 1.80. The molecule has 1 fully saturated rings. The van der Waals surface area contributed by atoms with E-state index in [1.54, 1.807) is 14.0 Å². The summed E-state index contributed by atoms with van der Waals surface area (Å²) in [6.45, 7) is 1.75. The zero-order valence-corrected chi connectivity index (χ0v) is 12.0.